The predicted octanol–water partition coefficient (Wildman–Crippen LogP) is 4.86. The zero-order valence-corrected chi connectivity index (χ0v) is 21.7. The molecule has 0 bridgehead atoms. The summed E-state index contributed by atoms with van der Waals surface area (Å²) in [4.78, 5) is 13.2. The molecule has 2 heterocycles. The number of rotatable bonds is 9. The maximum atomic E-state index is 13.2. The van der Waals surface area contributed by atoms with E-state index in [2.05, 4.69) is 19.2 Å². The van der Waals surface area contributed by atoms with Gasteiger partial charge in [0.2, 0.25) is 15.9 Å². The molecule has 0 aromatic heterocycles. The quantitative estimate of drug-likeness (QED) is 0.536. The lowest BCUT2D eigenvalue weighted by molar-refractivity contribution is -0.127. The summed E-state index contributed by atoms with van der Waals surface area (Å²) in [6.45, 7) is 5.08. The Balaban J connectivity index is 1.32. The number of ether oxygens (including phenoxy) is 1. The average molecular weight is 499 g/mol. The highest BCUT2D eigenvalue weighted by Gasteiger charge is 2.40. The van der Waals surface area contributed by atoms with Crippen molar-refractivity contribution in [1.29, 1.82) is 0 Å². The number of nitrogens with zero attached hydrogens (tertiary/aromatic N) is 1. The van der Waals surface area contributed by atoms with Gasteiger partial charge >= 0.3 is 0 Å². The van der Waals surface area contributed by atoms with Gasteiger partial charge in [-0.3, -0.25) is 4.79 Å². The number of carbonyl (C=O) groups is 1. The van der Waals surface area contributed by atoms with Gasteiger partial charge in [-0.05, 0) is 50.2 Å². The Morgan fingerprint density at radius 2 is 1.69 bits per heavy atom. The Kier molecular flexibility index (Phi) is 8.17. The number of amides is 1. The molecule has 2 aromatic rings. The molecular weight excluding hydrogens is 460 g/mol. The summed E-state index contributed by atoms with van der Waals surface area (Å²) < 4.78 is 33.6. The smallest absolute Gasteiger partial charge is 0.223 e. The molecule has 7 heteroatoms. The number of sulfonamides is 1. The van der Waals surface area contributed by atoms with Crippen LogP contribution in [0.15, 0.2) is 54.6 Å². The number of benzene rings is 2. The van der Waals surface area contributed by atoms with Crippen LogP contribution >= 0.6 is 0 Å². The summed E-state index contributed by atoms with van der Waals surface area (Å²) >= 11 is 0. The Morgan fingerprint density at radius 1 is 1.03 bits per heavy atom. The first kappa shape index (κ1) is 25.7. The van der Waals surface area contributed by atoms with Gasteiger partial charge in [0.25, 0.3) is 0 Å². The fraction of sp³-hybridized carbons (Fsp3) is 0.536. The summed E-state index contributed by atoms with van der Waals surface area (Å²) in [6.07, 6.45) is 4.98. The number of aryl methyl sites for hydroxylation is 1. The number of piperidine rings is 1. The standard InChI is InChI=1S/C28H38N2O4S/c1-3-28(4-2)21-25(24-14-8-9-15-26(24)34-28)29-27(31)23-16-18-30(19-17-23)35(32,33)20-10-13-22-11-6-5-7-12-22/h5-9,11-12,14-15,23,25H,3-4,10,13,16-21H2,1-2H3,(H,29,31). The highest BCUT2D eigenvalue weighted by molar-refractivity contribution is 7.89. The van der Waals surface area contributed by atoms with Crippen LogP contribution in [0.1, 0.15) is 69.5 Å². The number of hydrogen-bond donors (Lipinski definition) is 1. The molecule has 2 aliphatic heterocycles. The monoisotopic (exact) mass is 498 g/mol. The maximum absolute atomic E-state index is 13.2. The number of nitrogens with one attached hydrogen (secondary N) is 1. The highest BCUT2D eigenvalue weighted by atomic mass is 32.2. The first-order valence-electron chi connectivity index (χ1n) is 13.0. The third kappa shape index (κ3) is 6.07. The molecule has 6 nitrogen and oxygen atoms in total. The van der Waals surface area contributed by atoms with E-state index in [4.69, 9.17) is 4.74 Å². The van der Waals surface area contributed by atoms with Gasteiger partial charge < -0.3 is 10.1 Å². The largest absolute Gasteiger partial charge is 0.487 e. The van der Waals surface area contributed by atoms with Crippen LogP contribution in [0, 0.1) is 5.92 Å². The molecule has 0 aliphatic carbocycles. The van der Waals surface area contributed by atoms with Crippen LogP contribution in [0.2, 0.25) is 0 Å². The van der Waals surface area contributed by atoms with Crippen LogP contribution in [0.25, 0.3) is 0 Å². The molecule has 2 aromatic carbocycles. The fourth-order valence-electron chi connectivity index (χ4n) is 5.35. The van der Waals surface area contributed by atoms with E-state index in [-0.39, 0.29) is 29.2 Å². The molecule has 1 unspecified atom stereocenters. The molecule has 1 atom stereocenters. The maximum Gasteiger partial charge on any atom is 0.223 e. The minimum absolute atomic E-state index is 0.0222. The molecule has 1 saturated heterocycles. The molecule has 4 rings (SSSR count). The SMILES string of the molecule is CCC1(CC)CC(NC(=O)C2CCN(S(=O)(=O)CCCc3ccccc3)CC2)c2ccccc2O1. The van der Waals surface area contributed by atoms with Crippen LogP contribution in [0.4, 0.5) is 0 Å². The predicted molar refractivity (Wildman–Crippen MR) is 139 cm³/mol. The van der Waals surface area contributed by atoms with Crippen LogP contribution < -0.4 is 10.1 Å². The molecule has 0 saturated carbocycles. The topological polar surface area (TPSA) is 75.7 Å². The molecule has 0 radical (unpaired) electrons. The van der Waals surface area contributed by atoms with Gasteiger partial charge in [-0.2, -0.15) is 0 Å². The summed E-state index contributed by atoms with van der Waals surface area (Å²) in [5.74, 6) is 0.852. The van der Waals surface area contributed by atoms with Crippen LogP contribution in [0.5, 0.6) is 5.75 Å². The normalized spacial score (nSPS) is 20.6. The van der Waals surface area contributed by atoms with Crippen molar-refractivity contribution in [2.75, 3.05) is 18.8 Å². The van der Waals surface area contributed by atoms with Crippen LogP contribution in [0.3, 0.4) is 0 Å². The zero-order chi connectivity index (χ0) is 24.9. The van der Waals surface area contributed by atoms with E-state index in [9.17, 15) is 13.2 Å². The van der Waals surface area contributed by atoms with E-state index in [0.29, 0.717) is 32.4 Å². The van der Waals surface area contributed by atoms with E-state index < -0.39 is 10.0 Å². The van der Waals surface area contributed by atoms with Crippen molar-refractivity contribution < 1.29 is 17.9 Å². The van der Waals surface area contributed by atoms with Crippen molar-refractivity contribution in [3.63, 3.8) is 0 Å². The van der Waals surface area contributed by atoms with Crippen molar-refractivity contribution in [2.45, 2.75) is 70.4 Å². The lowest BCUT2D eigenvalue weighted by Crippen LogP contribution is -2.47. The third-order valence-corrected chi connectivity index (χ3v) is 9.69. The summed E-state index contributed by atoms with van der Waals surface area (Å²) in [6, 6.07) is 17.8. The molecular formula is C28H38N2O4S. The molecule has 2 aliphatic rings. The van der Waals surface area contributed by atoms with Gasteiger partial charge in [0.15, 0.2) is 0 Å². The van der Waals surface area contributed by atoms with Crippen molar-refractivity contribution >= 4 is 15.9 Å². The molecule has 35 heavy (non-hydrogen) atoms. The lowest BCUT2D eigenvalue weighted by atomic mass is 9.83. The molecule has 0 spiro atoms. The summed E-state index contributed by atoms with van der Waals surface area (Å²) in [7, 11) is -3.31. The molecule has 1 N–H and O–H groups in total. The van der Waals surface area contributed by atoms with E-state index in [0.717, 1.165) is 42.6 Å². The number of fused-ring (bicyclic) bond motifs is 1. The lowest BCUT2D eigenvalue weighted by Gasteiger charge is -2.42. The zero-order valence-electron chi connectivity index (χ0n) is 20.9. The summed E-state index contributed by atoms with van der Waals surface area (Å²) in [5.41, 5.74) is 1.91. The number of hydrogen-bond acceptors (Lipinski definition) is 4. The van der Waals surface area contributed by atoms with Crippen LogP contribution in [-0.2, 0) is 21.2 Å². The number of carbonyl (C=O) groups excluding carboxylic acids is 1. The second-order valence-electron chi connectivity index (χ2n) is 9.87. The van der Waals surface area contributed by atoms with Crippen molar-refractivity contribution in [1.82, 2.24) is 9.62 Å². The average Bonchev–Trinajstić information content (AvgIpc) is 2.89. The van der Waals surface area contributed by atoms with Gasteiger partial charge in [0, 0.05) is 31.0 Å². The van der Waals surface area contributed by atoms with Crippen LogP contribution in [-0.4, -0.2) is 43.1 Å². The highest BCUT2D eigenvalue weighted by Crippen LogP contribution is 2.42. The third-order valence-electron chi connectivity index (χ3n) is 7.73. The van der Waals surface area contributed by atoms with E-state index in [1.54, 1.807) is 4.31 Å². The minimum atomic E-state index is -3.31. The minimum Gasteiger partial charge on any atom is -0.487 e. The van der Waals surface area contributed by atoms with E-state index in [1.807, 2.05) is 54.6 Å². The van der Waals surface area contributed by atoms with Crippen molar-refractivity contribution in [3.05, 3.63) is 65.7 Å². The van der Waals surface area contributed by atoms with Crippen molar-refractivity contribution in [2.24, 2.45) is 5.92 Å². The first-order valence-corrected chi connectivity index (χ1v) is 14.6. The Hall–Kier alpha value is -2.38. The number of para-hydroxylation sites is 1. The second kappa shape index (κ2) is 11.1. The Morgan fingerprint density at radius 3 is 2.37 bits per heavy atom. The molecule has 1 amide bonds. The summed E-state index contributed by atoms with van der Waals surface area (Å²) in [5, 5.41) is 3.29. The molecule has 1 fully saturated rings. The van der Waals surface area contributed by atoms with E-state index >= 15 is 0 Å². The first-order chi connectivity index (χ1) is 16.9. The van der Waals surface area contributed by atoms with Gasteiger partial charge in [-0.25, -0.2) is 12.7 Å². The fourth-order valence-corrected chi connectivity index (χ4v) is 6.88. The van der Waals surface area contributed by atoms with Gasteiger partial charge in [0.1, 0.15) is 11.4 Å². The van der Waals surface area contributed by atoms with Gasteiger partial charge in [-0.1, -0.05) is 62.4 Å². The molecule has 190 valence electrons. The van der Waals surface area contributed by atoms with Crippen molar-refractivity contribution in [3.8, 4) is 5.75 Å². The Labute approximate surface area is 210 Å². The second-order valence-corrected chi connectivity index (χ2v) is 12.0. The Bertz CT molecular complexity index is 1090. The van der Waals surface area contributed by atoms with Gasteiger partial charge in [0.05, 0.1) is 11.8 Å². The van der Waals surface area contributed by atoms with E-state index in [1.165, 1.54) is 0 Å². The van der Waals surface area contributed by atoms with Gasteiger partial charge in [-0.15, -0.1) is 0 Å².